The van der Waals surface area contributed by atoms with Gasteiger partial charge in [-0.15, -0.1) is 0 Å². The van der Waals surface area contributed by atoms with Crippen molar-refractivity contribution < 1.29 is 4.79 Å². The molecule has 0 heterocycles. The quantitative estimate of drug-likeness (QED) is 0.631. The number of amides is 1. The first-order chi connectivity index (χ1) is 10.5. The van der Waals surface area contributed by atoms with Gasteiger partial charge in [0.15, 0.2) is 0 Å². The van der Waals surface area contributed by atoms with Gasteiger partial charge in [0.2, 0.25) is 0 Å². The van der Waals surface area contributed by atoms with Crippen LogP contribution in [0.1, 0.15) is 18.1 Å². The fourth-order valence-electron chi connectivity index (χ4n) is 1.90. The van der Waals surface area contributed by atoms with Gasteiger partial charge in [-0.3, -0.25) is 4.79 Å². The van der Waals surface area contributed by atoms with E-state index in [1.807, 2.05) is 55.5 Å². The highest BCUT2D eigenvalue weighted by atomic mass is 79.9. The average molecular weight is 360 g/mol. The largest absolute Gasteiger partial charge is 0.374 e. The molecule has 1 atom stereocenters. The lowest BCUT2D eigenvalue weighted by Crippen LogP contribution is -2.34. The van der Waals surface area contributed by atoms with Crippen LogP contribution in [0.3, 0.4) is 0 Å². The van der Waals surface area contributed by atoms with E-state index in [0.29, 0.717) is 0 Å². The molecule has 2 aromatic carbocycles. The lowest BCUT2D eigenvalue weighted by molar-refractivity contribution is -0.121. The van der Waals surface area contributed by atoms with Gasteiger partial charge in [-0.2, -0.15) is 5.10 Å². The van der Waals surface area contributed by atoms with Gasteiger partial charge < -0.3 is 5.32 Å². The molecule has 0 fully saturated rings. The summed E-state index contributed by atoms with van der Waals surface area (Å²) in [5, 5.41) is 7.12. The van der Waals surface area contributed by atoms with Crippen LogP contribution in [0, 0.1) is 6.92 Å². The summed E-state index contributed by atoms with van der Waals surface area (Å²) in [4.78, 5) is 12.0. The molecule has 0 spiro atoms. The van der Waals surface area contributed by atoms with Crippen LogP contribution >= 0.6 is 15.9 Å². The minimum atomic E-state index is -0.374. The zero-order valence-electron chi connectivity index (χ0n) is 12.5. The van der Waals surface area contributed by atoms with Crippen LogP contribution in [0.15, 0.2) is 58.1 Å². The van der Waals surface area contributed by atoms with Crippen molar-refractivity contribution in [1.29, 1.82) is 0 Å². The number of anilines is 1. The Labute approximate surface area is 138 Å². The number of hydrogen-bond donors (Lipinski definition) is 2. The second-order valence-electron chi connectivity index (χ2n) is 5.02. The number of hydrogen-bond acceptors (Lipinski definition) is 3. The molecule has 2 N–H and O–H groups in total. The minimum absolute atomic E-state index is 0.187. The molecule has 1 unspecified atom stereocenters. The number of nitrogens with zero attached hydrogens (tertiary/aromatic N) is 1. The van der Waals surface area contributed by atoms with Crippen molar-refractivity contribution in [2.24, 2.45) is 5.10 Å². The maximum absolute atomic E-state index is 12.0. The normalized spacial score (nSPS) is 12.1. The van der Waals surface area contributed by atoms with Gasteiger partial charge in [-0.25, -0.2) is 5.43 Å². The van der Waals surface area contributed by atoms with Crippen LogP contribution in [-0.4, -0.2) is 18.2 Å². The third kappa shape index (κ3) is 5.00. The zero-order valence-corrected chi connectivity index (χ0v) is 14.1. The van der Waals surface area contributed by atoms with Gasteiger partial charge in [-0.1, -0.05) is 40.2 Å². The summed E-state index contributed by atoms with van der Waals surface area (Å²) < 4.78 is 0.970. The number of hydrazone groups is 1. The summed E-state index contributed by atoms with van der Waals surface area (Å²) in [6.07, 6.45) is 1.61. The summed E-state index contributed by atoms with van der Waals surface area (Å²) >= 11 is 3.39. The Morgan fingerprint density at radius 3 is 2.73 bits per heavy atom. The van der Waals surface area contributed by atoms with E-state index in [-0.39, 0.29) is 11.9 Å². The minimum Gasteiger partial charge on any atom is -0.374 e. The summed E-state index contributed by atoms with van der Waals surface area (Å²) in [6.45, 7) is 3.81. The Bertz CT molecular complexity index is 685. The van der Waals surface area contributed by atoms with Crippen molar-refractivity contribution in [3.63, 3.8) is 0 Å². The first-order valence-electron chi connectivity index (χ1n) is 6.96. The molecule has 2 aromatic rings. The van der Waals surface area contributed by atoms with Gasteiger partial charge in [0.25, 0.3) is 5.91 Å². The third-order valence-corrected chi connectivity index (χ3v) is 3.52. The van der Waals surface area contributed by atoms with Crippen LogP contribution in [-0.2, 0) is 4.79 Å². The molecule has 4 nitrogen and oxygen atoms in total. The number of aryl methyl sites for hydroxylation is 1. The lowest BCUT2D eigenvalue weighted by atomic mass is 10.2. The van der Waals surface area contributed by atoms with Crippen molar-refractivity contribution in [2.75, 3.05) is 5.32 Å². The highest BCUT2D eigenvalue weighted by Crippen LogP contribution is 2.11. The Hall–Kier alpha value is -2.14. The molecule has 0 bridgehead atoms. The summed E-state index contributed by atoms with van der Waals surface area (Å²) in [7, 11) is 0. The Morgan fingerprint density at radius 1 is 1.23 bits per heavy atom. The third-order valence-electron chi connectivity index (χ3n) is 3.03. The topological polar surface area (TPSA) is 53.5 Å². The van der Waals surface area contributed by atoms with Crippen molar-refractivity contribution in [3.8, 4) is 0 Å². The molecule has 5 heteroatoms. The van der Waals surface area contributed by atoms with E-state index in [0.717, 1.165) is 21.3 Å². The molecular formula is C17H18BrN3O. The molecule has 0 aliphatic carbocycles. The van der Waals surface area contributed by atoms with Gasteiger partial charge in [0.1, 0.15) is 6.04 Å². The van der Waals surface area contributed by atoms with Crippen molar-refractivity contribution in [2.45, 2.75) is 19.9 Å². The smallest absolute Gasteiger partial charge is 0.262 e. The molecule has 0 radical (unpaired) electrons. The van der Waals surface area contributed by atoms with Crippen LogP contribution in [0.4, 0.5) is 5.69 Å². The molecule has 0 saturated heterocycles. The number of carbonyl (C=O) groups excluding carboxylic acids is 1. The maximum atomic E-state index is 12.0. The SMILES string of the molecule is Cc1cccc(NC(C)C(=O)N/N=C/c2cccc(Br)c2)c1. The fourth-order valence-corrected chi connectivity index (χ4v) is 2.32. The molecule has 114 valence electrons. The zero-order chi connectivity index (χ0) is 15.9. The predicted octanol–water partition coefficient (Wildman–Crippen LogP) is 3.71. The lowest BCUT2D eigenvalue weighted by Gasteiger charge is -2.13. The van der Waals surface area contributed by atoms with E-state index < -0.39 is 0 Å². The van der Waals surface area contributed by atoms with Gasteiger partial charge in [0.05, 0.1) is 6.21 Å². The monoisotopic (exact) mass is 359 g/mol. The van der Waals surface area contributed by atoms with Crippen LogP contribution in [0.25, 0.3) is 0 Å². The number of nitrogens with one attached hydrogen (secondary N) is 2. The first-order valence-corrected chi connectivity index (χ1v) is 7.75. The highest BCUT2D eigenvalue weighted by molar-refractivity contribution is 9.10. The molecule has 0 aromatic heterocycles. The molecule has 0 saturated carbocycles. The second kappa shape index (κ2) is 7.75. The van der Waals surface area contributed by atoms with E-state index >= 15 is 0 Å². The van der Waals surface area contributed by atoms with E-state index in [2.05, 4.69) is 31.8 Å². The molecule has 1 amide bonds. The molecular weight excluding hydrogens is 342 g/mol. The Kier molecular flexibility index (Phi) is 5.72. The van der Waals surface area contributed by atoms with Crippen LogP contribution in [0.5, 0.6) is 0 Å². The van der Waals surface area contributed by atoms with Gasteiger partial charge in [0, 0.05) is 10.2 Å². The number of carbonyl (C=O) groups is 1. The highest BCUT2D eigenvalue weighted by Gasteiger charge is 2.11. The number of benzene rings is 2. The standard InChI is InChI=1S/C17H18BrN3O/c1-12-5-3-8-16(9-12)20-13(2)17(22)21-19-11-14-6-4-7-15(18)10-14/h3-11,13,20H,1-2H3,(H,21,22)/b19-11+. The predicted molar refractivity (Wildman–Crippen MR) is 94.1 cm³/mol. The second-order valence-corrected chi connectivity index (χ2v) is 5.94. The summed E-state index contributed by atoms with van der Waals surface area (Å²) in [5.41, 5.74) is 5.51. The maximum Gasteiger partial charge on any atom is 0.262 e. The number of rotatable bonds is 5. The fraction of sp³-hybridized carbons (Fsp3) is 0.176. The van der Waals surface area contributed by atoms with Crippen LogP contribution in [0.2, 0.25) is 0 Å². The van der Waals surface area contributed by atoms with Crippen molar-refractivity contribution in [1.82, 2.24) is 5.43 Å². The van der Waals surface area contributed by atoms with E-state index in [1.54, 1.807) is 13.1 Å². The molecule has 2 rings (SSSR count). The summed E-state index contributed by atoms with van der Waals surface area (Å²) in [5.74, 6) is -0.187. The Morgan fingerprint density at radius 2 is 2.00 bits per heavy atom. The average Bonchev–Trinajstić information content (AvgIpc) is 2.47. The van der Waals surface area contributed by atoms with E-state index in [9.17, 15) is 4.79 Å². The summed E-state index contributed by atoms with van der Waals surface area (Å²) in [6, 6.07) is 15.2. The molecule has 22 heavy (non-hydrogen) atoms. The van der Waals surface area contributed by atoms with Crippen molar-refractivity contribution in [3.05, 3.63) is 64.1 Å². The molecule has 0 aliphatic rings. The molecule has 0 aliphatic heterocycles. The van der Waals surface area contributed by atoms with E-state index in [4.69, 9.17) is 0 Å². The first kappa shape index (κ1) is 16.2. The van der Waals surface area contributed by atoms with Crippen molar-refractivity contribution >= 4 is 33.7 Å². The van der Waals surface area contributed by atoms with Gasteiger partial charge in [-0.05, 0) is 49.2 Å². The van der Waals surface area contributed by atoms with Gasteiger partial charge >= 0.3 is 0 Å². The Balaban J connectivity index is 1.89. The number of halogens is 1. The van der Waals surface area contributed by atoms with E-state index in [1.165, 1.54) is 0 Å². The van der Waals surface area contributed by atoms with Crippen LogP contribution < -0.4 is 10.7 Å².